The molecule has 6 nitrogen and oxygen atoms in total. The van der Waals surface area contributed by atoms with Gasteiger partial charge < -0.3 is 9.15 Å². The zero-order valence-corrected chi connectivity index (χ0v) is 16.1. The molecule has 0 radical (unpaired) electrons. The van der Waals surface area contributed by atoms with Gasteiger partial charge in [0.2, 0.25) is 5.89 Å². The minimum Gasteiger partial charge on any atom is -0.493 e. The summed E-state index contributed by atoms with van der Waals surface area (Å²) in [6.45, 7) is 0.527. The number of nitrogens with zero attached hydrogens (tertiary/aromatic N) is 2. The van der Waals surface area contributed by atoms with Crippen molar-refractivity contribution in [2.24, 2.45) is 5.92 Å². The molecule has 0 bridgehead atoms. The lowest BCUT2D eigenvalue weighted by atomic mass is 10.1. The van der Waals surface area contributed by atoms with Crippen molar-refractivity contribution in [3.8, 4) is 5.75 Å². The summed E-state index contributed by atoms with van der Waals surface area (Å²) in [6.07, 6.45) is 1.20. The van der Waals surface area contributed by atoms with Crippen molar-refractivity contribution >= 4 is 37.5 Å². The highest BCUT2D eigenvalue weighted by atomic mass is 79.9. The maximum absolute atomic E-state index is 11.5. The van der Waals surface area contributed by atoms with Crippen LogP contribution in [0.3, 0.4) is 0 Å². The second-order valence-corrected chi connectivity index (χ2v) is 9.78. The Bertz CT molecular complexity index is 794. The van der Waals surface area contributed by atoms with Gasteiger partial charge in [-0.05, 0) is 30.5 Å². The van der Waals surface area contributed by atoms with Gasteiger partial charge in [-0.2, -0.15) is 0 Å². The van der Waals surface area contributed by atoms with Crippen LogP contribution >= 0.6 is 27.7 Å². The second kappa shape index (κ2) is 7.88. The fourth-order valence-corrected chi connectivity index (χ4v) is 5.34. The molecule has 9 heteroatoms. The van der Waals surface area contributed by atoms with Crippen molar-refractivity contribution in [3.63, 3.8) is 0 Å². The van der Waals surface area contributed by atoms with Crippen molar-refractivity contribution < 1.29 is 17.6 Å². The first-order chi connectivity index (χ1) is 11.5. The first kappa shape index (κ1) is 17.8. The van der Waals surface area contributed by atoms with Gasteiger partial charge >= 0.3 is 0 Å². The molecule has 24 heavy (non-hydrogen) atoms. The van der Waals surface area contributed by atoms with Crippen LogP contribution in [-0.2, 0) is 16.3 Å². The van der Waals surface area contributed by atoms with E-state index in [-0.39, 0.29) is 17.4 Å². The molecule has 1 fully saturated rings. The normalized spacial score (nSPS) is 19.5. The monoisotopic (exact) mass is 432 g/mol. The first-order valence-corrected chi connectivity index (χ1v) is 11.1. The zero-order chi connectivity index (χ0) is 17.0. The third-order valence-corrected chi connectivity index (χ3v) is 6.72. The van der Waals surface area contributed by atoms with Crippen LogP contribution in [0.1, 0.15) is 12.3 Å². The van der Waals surface area contributed by atoms with E-state index >= 15 is 0 Å². The first-order valence-electron chi connectivity index (χ1n) is 7.54. The van der Waals surface area contributed by atoms with Gasteiger partial charge in [0.05, 0.1) is 18.1 Å². The van der Waals surface area contributed by atoms with Crippen LogP contribution in [0.15, 0.2) is 38.4 Å². The lowest BCUT2D eigenvalue weighted by Crippen LogP contribution is -2.07. The molecule has 130 valence electrons. The molecule has 1 aliphatic rings. The number of sulfone groups is 1. The van der Waals surface area contributed by atoms with Crippen molar-refractivity contribution in [2.75, 3.05) is 23.9 Å². The standard InChI is InChI=1S/C15H17BrN2O4S2/c16-12-2-1-3-13(9-12)21-5-6-23-15-18-17-14(22-15)8-11-4-7-24(19,20)10-11/h1-3,9,11H,4-8,10H2. The van der Waals surface area contributed by atoms with Gasteiger partial charge in [-0.15, -0.1) is 10.2 Å². The predicted molar refractivity (Wildman–Crippen MR) is 95.1 cm³/mol. The topological polar surface area (TPSA) is 82.3 Å². The Morgan fingerprint density at radius 3 is 3.00 bits per heavy atom. The molecule has 1 atom stereocenters. The second-order valence-electron chi connectivity index (χ2n) is 5.59. The summed E-state index contributed by atoms with van der Waals surface area (Å²) in [7, 11) is -2.87. The van der Waals surface area contributed by atoms with E-state index in [0.717, 1.165) is 10.2 Å². The lowest BCUT2D eigenvalue weighted by molar-refractivity contribution is 0.342. The highest BCUT2D eigenvalue weighted by molar-refractivity contribution is 9.10. The van der Waals surface area contributed by atoms with Gasteiger partial charge in [0, 0.05) is 16.6 Å². The van der Waals surface area contributed by atoms with Crippen molar-refractivity contribution in [1.82, 2.24) is 10.2 Å². The number of rotatable bonds is 7. The predicted octanol–water partition coefficient (Wildman–Crippen LogP) is 2.98. The van der Waals surface area contributed by atoms with E-state index < -0.39 is 9.84 Å². The molecule has 2 aromatic rings. The Balaban J connectivity index is 1.41. The number of aromatic nitrogens is 2. The average Bonchev–Trinajstić information content (AvgIpc) is 3.10. The molecular weight excluding hydrogens is 416 g/mol. The van der Waals surface area contributed by atoms with Crippen LogP contribution in [0.2, 0.25) is 0 Å². The number of hydrogen-bond donors (Lipinski definition) is 0. The Kier molecular flexibility index (Phi) is 5.83. The molecule has 1 aliphatic heterocycles. The van der Waals surface area contributed by atoms with Crippen LogP contribution in [0.5, 0.6) is 5.75 Å². The SMILES string of the molecule is O=S1(=O)CCC(Cc2nnc(SCCOc3cccc(Br)c3)o2)C1. The van der Waals surface area contributed by atoms with E-state index in [1.807, 2.05) is 24.3 Å². The molecule has 0 spiro atoms. The van der Waals surface area contributed by atoms with Gasteiger partial charge in [-0.3, -0.25) is 0 Å². The average molecular weight is 433 g/mol. The molecule has 0 aliphatic carbocycles. The van der Waals surface area contributed by atoms with E-state index in [1.54, 1.807) is 0 Å². The summed E-state index contributed by atoms with van der Waals surface area (Å²) in [6, 6.07) is 7.66. The van der Waals surface area contributed by atoms with Crippen molar-refractivity contribution in [3.05, 3.63) is 34.6 Å². The van der Waals surface area contributed by atoms with E-state index in [0.29, 0.717) is 36.3 Å². The van der Waals surface area contributed by atoms with Crippen LogP contribution in [0.25, 0.3) is 0 Å². The highest BCUT2D eigenvalue weighted by Gasteiger charge is 2.29. The summed E-state index contributed by atoms with van der Waals surface area (Å²) < 4.78 is 35.1. The molecule has 1 unspecified atom stereocenters. The van der Waals surface area contributed by atoms with Crippen LogP contribution in [0, 0.1) is 5.92 Å². The fourth-order valence-electron chi connectivity index (χ4n) is 2.50. The summed E-state index contributed by atoms with van der Waals surface area (Å²) >= 11 is 4.82. The van der Waals surface area contributed by atoms with E-state index in [2.05, 4.69) is 26.1 Å². The van der Waals surface area contributed by atoms with Crippen LogP contribution < -0.4 is 4.74 Å². The van der Waals surface area contributed by atoms with Gasteiger partial charge in [0.1, 0.15) is 5.75 Å². The quantitative estimate of drug-likeness (QED) is 0.491. The van der Waals surface area contributed by atoms with Crippen molar-refractivity contribution in [2.45, 2.75) is 18.1 Å². The molecule has 1 aromatic carbocycles. The number of halogens is 1. The molecule has 2 heterocycles. The van der Waals surface area contributed by atoms with E-state index in [9.17, 15) is 8.42 Å². The number of ether oxygens (including phenoxy) is 1. The van der Waals surface area contributed by atoms with Crippen molar-refractivity contribution in [1.29, 1.82) is 0 Å². The highest BCUT2D eigenvalue weighted by Crippen LogP contribution is 2.24. The summed E-state index contributed by atoms with van der Waals surface area (Å²) in [4.78, 5) is 0. The van der Waals surface area contributed by atoms with Gasteiger partial charge in [0.25, 0.3) is 5.22 Å². The Morgan fingerprint density at radius 1 is 1.38 bits per heavy atom. The molecule has 1 aromatic heterocycles. The Morgan fingerprint density at radius 2 is 2.25 bits per heavy atom. The molecule has 0 N–H and O–H groups in total. The fraction of sp³-hybridized carbons (Fsp3) is 0.467. The third-order valence-electron chi connectivity index (χ3n) is 3.61. The van der Waals surface area contributed by atoms with Gasteiger partial charge in [-0.1, -0.05) is 33.8 Å². The molecular formula is C15H17BrN2O4S2. The number of hydrogen-bond acceptors (Lipinski definition) is 7. The molecule has 0 saturated carbocycles. The van der Waals surface area contributed by atoms with Crippen LogP contribution in [-0.4, -0.2) is 42.5 Å². The maximum atomic E-state index is 11.5. The van der Waals surface area contributed by atoms with E-state index in [4.69, 9.17) is 9.15 Å². The molecule has 1 saturated heterocycles. The Labute approximate surface area is 153 Å². The lowest BCUT2D eigenvalue weighted by Gasteiger charge is -2.04. The minimum atomic E-state index is -2.87. The number of thioether (sulfide) groups is 1. The minimum absolute atomic E-state index is 0.0909. The smallest absolute Gasteiger partial charge is 0.276 e. The van der Waals surface area contributed by atoms with Gasteiger partial charge in [0.15, 0.2) is 9.84 Å². The largest absolute Gasteiger partial charge is 0.493 e. The van der Waals surface area contributed by atoms with Gasteiger partial charge in [-0.25, -0.2) is 8.42 Å². The number of benzene rings is 1. The van der Waals surface area contributed by atoms with Crippen LogP contribution in [0.4, 0.5) is 0 Å². The molecule has 0 amide bonds. The summed E-state index contributed by atoms with van der Waals surface area (Å²) in [5, 5.41) is 8.47. The Hall–Kier alpha value is -1.06. The third kappa shape index (κ3) is 5.22. The summed E-state index contributed by atoms with van der Waals surface area (Å²) in [5.74, 6) is 2.57. The maximum Gasteiger partial charge on any atom is 0.276 e. The summed E-state index contributed by atoms with van der Waals surface area (Å²) in [5.41, 5.74) is 0. The van der Waals surface area contributed by atoms with E-state index in [1.165, 1.54) is 11.8 Å². The zero-order valence-electron chi connectivity index (χ0n) is 12.9. The molecule has 3 rings (SSSR count).